The van der Waals surface area contributed by atoms with E-state index in [2.05, 4.69) is 20.0 Å². The fourth-order valence-electron chi connectivity index (χ4n) is 2.88. The van der Waals surface area contributed by atoms with E-state index in [4.69, 9.17) is 0 Å². The lowest BCUT2D eigenvalue weighted by atomic mass is 10.1. The Labute approximate surface area is 186 Å². The van der Waals surface area contributed by atoms with E-state index in [9.17, 15) is 26.0 Å². The molecule has 0 spiro atoms. The highest BCUT2D eigenvalue weighted by Gasteiger charge is 2.37. The van der Waals surface area contributed by atoms with Crippen LogP contribution in [-0.2, 0) is 29.3 Å². The quantitative estimate of drug-likeness (QED) is 0.462. The van der Waals surface area contributed by atoms with E-state index in [1.807, 2.05) is 0 Å². The molecule has 0 saturated heterocycles. The van der Waals surface area contributed by atoms with Gasteiger partial charge in [0.1, 0.15) is 5.82 Å². The molecule has 0 saturated carbocycles. The second kappa shape index (κ2) is 9.38. The molecule has 0 atom stereocenters. The maximum Gasteiger partial charge on any atom is 0.435 e. The van der Waals surface area contributed by atoms with E-state index >= 15 is 0 Å². The van der Waals surface area contributed by atoms with E-state index in [0.29, 0.717) is 12.1 Å². The first-order chi connectivity index (χ1) is 15.0. The second-order valence-corrected chi connectivity index (χ2v) is 9.34. The molecular weight excluding hydrogens is 470 g/mol. The molecule has 0 aliphatic rings. The van der Waals surface area contributed by atoms with Crippen molar-refractivity contribution in [2.75, 3.05) is 24.1 Å². The highest BCUT2D eigenvalue weighted by molar-refractivity contribution is 7.92. The first kappa shape index (κ1) is 23.9. The summed E-state index contributed by atoms with van der Waals surface area (Å²) in [5.74, 6) is -0.592. The van der Waals surface area contributed by atoms with Gasteiger partial charge in [-0.15, -0.1) is 11.3 Å². The van der Waals surface area contributed by atoms with Gasteiger partial charge in [-0.1, -0.05) is 12.1 Å². The van der Waals surface area contributed by atoms with Gasteiger partial charge in [0.2, 0.25) is 0 Å². The van der Waals surface area contributed by atoms with Crippen LogP contribution in [0.4, 0.5) is 29.1 Å². The molecule has 3 aromatic rings. The molecule has 0 radical (unpaired) electrons. The molecule has 0 unspecified atom stereocenters. The van der Waals surface area contributed by atoms with E-state index in [-0.39, 0.29) is 17.9 Å². The number of hydrogen-bond acceptors (Lipinski definition) is 7. The number of benzene rings is 1. The number of alkyl halides is 3. The van der Waals surface area contributed by atoms with Crippen molar-refractivity contribution in [3.63, 3.8) is 0 Å². The molecule has 0 aliphatic heterocycles. The molecule has 0 aliphatic carbocycles. The SMILES string of the molecule is CN(C)Cc1cccc(F)c1CNc1ccc(S(=O)(=O)Nc2cscn2)nc1C(F)(F)F. The Balaban J connectivity index is 1.92. The van der Waals surface area contributed by atoms with Crippen molar-refractivity contribution < 1.29 is 26.0 Å². The summed E-state index contributed by atoms with van der Waals surface area (Å²) in [5.41, 5.74) is 0.285. The predicted molar refractivity (Wildman–Crippen MR) is 113 cm³/mol. The average Bonchev–Trinajstić information content (AvgIpc) is 3.18. The lowest BCUT2D eigenvalue weighted by Crippen LogP contribution is -2.20. The lowest BCUT2D eigenvalue weighted by molar-refractivity contribution is -0.140. The minimum absolute atomic E-state index is 0.0273. The van der Waals surface area contributed by atoms with Crippen LogP contribution < -0.4 is 10.0 Å². The monoisotopic (exact) mass is 489 g/mol. The number of hydrogen-bond donors (Lipinski definition) is 2. The molecule has 0 bridgehead atoms. The maximum absolute atomic E-state index is 14.3. The Morgan fingerprint density at radius 3 is 2.53 bits per heavy atom. The smallest absolute Gasteiger partial charge is 0.379 e. The van der Waals surface area contributed by atoms with Crippen molar-refractivity contribution in [1.29, 1.82) is 0 Å². The summed E-state index contributed by atoms with van der Waals surface area (Å²) in [6.45, 7) is 0.141. The van der Waals surface area contributed by atoms with Gasteiger partial charge < -0.3 is 10.2 Å². The second-order valence-electron chi connectivity index (χ2n) is 6.99. The molecule has 2 heterocycles. The molecular formula is C19H19F4N5O2S2. The number of aromatic nitrogens is 2. The highest BCUT2D eigenvalue weighted by Crippen LogP contribution is 2.34. The highest BCUT2D eigenvalue weighted by atomic mass is 32.2. The first-order valence-electron chi connectivity index (χ1n) is 9.11. The third kappa shape index (κ3) is 5.72. The molecule has 32 heavy (non-hydrogen) atoms. The van der Waals surface area contributed by atoms with Crippen molar-refractivity contribution in [2.24, 2.45) is 0 Å². The van der Waals surface area contributed by atoms with Crippen LogP contribution in [0.1, 0.15) is 16.8 Å². The van der Waals surface area contributed by atoms with Gasteiger partial charge in [-0.25, -0.2) is 14.4 Å². The summed E-state index contributed by atoms with van der Waals surface area (Å²) in [6, 6.07) is 6.32. The molecule has 172 valence electrons. The maximum atomic E-state index is 14.3. The van der Waals surface area contributed by atoms with Crippen LogP contribution in [0.15, 0.2) is 46.2 Å². The Kier molecular flexibility index (Phi) is 7.00. The topological polar surface area (TPSA) is 87.2 Å². The number of pyridine rings is 1. The van der Waals surface area contributed by atoms with Crippen LogP contribution in [-0.4, -0.2) is 37.4 Å². The minimum Gasteiger partial charge on any atom is -0.379 e. The van der Waals surface area contributed by atoms with Crippen molar-refractivity contribution in [3.8, 4) is 0 Å². The van der Waals surface area contributed by atoms with Gasteiger partial charge in [0.25, 0.3) is 10.0 Å². The number of halogens is 4. The molecule has 0 amide bonds. The predicted octanol–water partition coefficient (Wildman–Crippen LogP) is 4.17. The van der Waals surface area contributed by atoms with Crippen LogP contribution >= 0.6 is 11.3 Å². The zero-order valence-electron chi connectivity index (χ0n) is 16.9. The fraction of sp³-hybridized carbons (Fsp3) is 0.263. The van der Waals surface area contributed by atoms with Gasteiger partial charge in [0.15, 0.2) is 16.5 Å². The number of anilines is 2. The molecule has 7 nitrogen and oxygen atoms in total. The van der Waals surface area contributed by atoms with Crippen LogP contribution in [0, 0.1) is 5.82 Å². The standard InChI is InChI=1S/C19H19F4N5O2S2/c1-28(2)9-12-4-3-5-14(20)13(12)8-24-15-6-7-17(26-18(15)19(21,22)23)32(29,30)27-16-10-31-11-25-16/h3-7,10-11,24,27H,8-9H2,1-2H3. The van der Waals surface area contributed by atoms with Gasteiger partial charge in [-0.3, -0.25) is 4.72 Å². The summed E-state index contributed by atoms with van der Waals surface area (Å²) >= 11 is 1.11. The van der Waals surface area contributed by atoms with E-state index in [1.54, 1.807) is 25.1 Å². The van der Waals surface area contributed by atoms with Gasteiger partial charge in [0.05, 0.1) is 11.2 Å². The Morgan fingerprint density at radius 2 is 1.91 bits per heavy atom. The number of nitrogens with one attached hydrogen (secondary N) is 2. The van der Waals surface area contributed by atoms with Crippen LogP contribution in [0.3, 0.4) is 0 Å². The summed E-state index contributed by atoms with van der Waals surface area (Å²) in [4.78, 5) is 8.88. The third-order valence-electron chi connectivity index (χ3n) is 4.24. The summed E-state index contributed by atoms with van der Waals surface area (Å²) in [6.07, 6.45) is -4.95. The number of nitrogens with zero attached hydrogens (tertiary/aromatic N) is 3. The van der Waals surface area contributed by atoms with E-state index in [1.165, 1.54) is 23.0 Å². The Morgan fingerprint density at radius 1 is 1.16 bits per heavy atom. The van der Waals surface area contributed by atoms with Gasteiger partial charge >= 0.3 is 6.18 Å². The van der Waals surface area contributed by atoms with Gasteiger partial charge in [0, 0.05) is 24.0 Å². The molecule has 0 fully saturated rings. The number of thiazole rings is 1. The minimum atomic E-state index is -4.95. The Hall–Kier alpha value is -2.77. The molecule has 13 heteroatoms. The largest absolute Gasteiger partial charge is 0.435 e. The molecule has 1 aromatic carbocycles. The van der Waals surface area contributed by atoms with Gasteiger partial charge in [-0.05, 0) is 37.9 Å². The first-order valence-corrected chi connectivity index (χ1v) is 11.5. The zero-order valence-corrected chi connectivity index (χ0v) is 18.6. The summed E-state index contributed by atoms with van der Waals surface area (Å²) < 4.78 is 82.2. The number of rotatable bonds is 8. The van der Waals surface area contributed by atoms with Gasteiger partial charge in [-0.2, -0.15) is 21.6 Å². The van der Waals surface area contributed by atoms with Crippen molar-refractivity contribution in [1.82, 2.24) is 14.9 Å². The van der Waals surface area contributed by atoms with Crippen molar-refractivity contribution in [3.05, 3.63) is 63.9 Å². The molecule has 2 aromatic heterocycles. The summed E-state index contributed by atoms with van der Waals surface area (Å²) in [7, 11) is -0.818. The molecule has 3 rings (SSSR count). The van der Waals surface area contributed by atoms with Crippen LogP contribution in [0.2, 0.25) is 0 Å². The third-order valence-corrected chi connectivity index (χ3v) is 6.09. The lowest BCUT2D eigenvalue weighted by Gasteiger charge is -2.18. The normalized spacial score (nSPS) is 12.2. The van der Waals surface area contributed by atoms with Crippen molar-refractivity contribution >= 4 is 32.9 Å². The van der Waals surface area contributed by atoms with Crippen LogP contribution in [0.5, 0.6) is 0 Å². The van der Waals surface area contributed by atoms with E-state index in [0.717, 1.165) is 23.5 Å². The fourth-order valence-corrected chi connectivity index (χ4v) is 4.38. The Bertz CT molecular complexity index is 1180. The van der Waals surface area contributed by atoms with E-state index < -0.39 is 38.4 Å². The van der Waals surface area contributed by atoms with Crippen molar-refractivity contribution in [2.45, 2.75) is 24.3 Å². The average molecular weight is 490 g/mol. The van der Waals surface area contributed by atoms with Crippen LogP contribution in [0.25, 0.3) is 0 Å². The summed E-state index contributed by atoms with van der Waals surface area (Å²) in [5, 5.41) is 3.12. The zero-order chi connectivity index (χ0) is 23.5. The molecule has 2 N–H and O–H groups in total. The number of sulfonamides is 1.